The topological polar surface area (TPSA) is 93.9 Å². The van der Waals surface area contributed by atoms with Crippen molar-refractivity contribution in [3.8, 4) is 11.5 Å². The second-order valence-electron chi connectivity index (χ2n) is 5.62. The van der Waals surface area contributed by atoms with E-state index in [1.54, 1.807) is 24.3 Å². The average Bonchev–Trinajstić information content (AvgIpc) is 3.18. The Kier molecular flexibility index (Phi) is 3.26. The molecule has 3 N–H and O–H groups in total. The predicted octanol–water partition coefficient (Wildman–Crippen LogP) is 1.86. The minimum Gasteiger partial charge on any atom is -0.454 e. The van der Waals surface area contributed by atoms with Crippen molar-refractivity contribution in [3.05, 3.63) is 48.0 Å². The van der Waals surface area contributed by atoms with Gasteiger partial charge in [-0.1, -0.05) is 18.2 Å². The van der Waals surface area contributed by atoms with Gasteiger partial charge in [-0.25, -0.2) is 4.79 Å². The van der Waals surface area contributed by atoms with Crippen LogP contribution in [0, 0.1) is 0 Å². The number of hydrogen-bond acceptors (Lipinski definition) is 4. The number of urea groups is 1. The average molecular weight is 325 g/mol. The minimum absolute atomic E-state index is 0.163. The van der Waals surface area contributed by atoms with Crippen molar-refractivity contribution < 1.29 is 19.1 Å². The molecule has 2 aromatic carbocycles. The minimum atomic E-state index is -0.698. The fraction of sp³-hybridized carbons (Fsp3) is 0.176. The zero-order chi connectivity index (χ0) is 16.7. The Bertz CT molecular complexity index is 836. The van der Waals surface area contributed by atoms with Gasteiger partial charge in [-0.15, -0.1) is 0 Å². The second-order valence-corrected chi connectivity index (χ2v) is 5.62. The van der Waals surface area contributed by atoms with E-state index in [-0.39, 0.29) is 6.79 Å². The summed E-state index contributed by atoms with van der Waals surface area (Å²) < 4.78 is 10.5. The number of para-hydroxylation sites is 1. The third-order valence-corrected chi connectivity index (χ3v) is 4.15. The van der Waals surface area contributed by atoms with Gasteiger partial charge in [-0.2, -0.15) is 0 Å². The van der Waals surface area contributed by atoms with E-state index in [4.69, 9.17) is 15.2 Å². The van der Waals surface area contributed by atoms with Crippen molar-refractivity contribution >= 4 is 23.3 Å². The van der Waals surface area contributed by atoms with Gasteiger partial charge < -0.3 is 20.5 Å². The maximum atomic E-state index is 12.7. The Labute approximate surface area is 138 Å². The maximum absolute atomic E-state index is 12.7. The first kappa shape index (κ1) is 14.4. The molecule has 1 atom stereocenters. The highest BCUT2D eigenvalue weighted by atomic mass is 16.7. The van der Waals surface area contributed by atoms with Crippen LogP contribution in [0.1, 0.15) is 5.56 Å². The van der Waals surface area contributed by atoms with Gasteiger partial charge in [0, 0.05) is 23.9 Å². The molecule has 0 radical (unpaired) electrons. The van der Waals surface area contributed by atoms with E-state index in [0.29, 0.717) is 29.3 Å². The monoisotopic (exact) mass is 325 g/mol. The Morgan fingerprint density at radius 1 is 1.12 bits per heavy atom. The van der Waals surface area contributed by atoms with Crippen LogP contribution in [0.25, 0.3) is 0 Å². The van der Waals surface area contributed by atoms with Crippen molar-refractivity contribution in [1.82, 2.24) is 0 Å². The molecular weight excluding hydrogens is 310 g/mol. The Morgan fingerprint density at radius 2 is 1.92 bits per heavy atom. The summed E-state index contributed by atoms with van der Waals surface area (Å²) in [6.45, 7) is 0.163. The Morgan fingerprint density at radius 3 is 2.75 bits per heavy atom. The molecule has 0 aromatic heterocycles. The molecule has 0 aliphatic carbocycles. The van der Waals surface area contributed by atoms with Crippen LogP contribution in [-0.2, 0) is 11.2 Å². The molecule has 122 valence electrons. The number of fused-ring (bicyclic) bond motifs is 2. The summed E-state index contributed by atoms with van der Waals surface area (Å²) in [5, 5.41) is 2.78. The molecule has 2 heterocycles. The highest BCUT2D eigenvalue weighted by Crippen LogP contribution is 2.35. The van der Waals surface area contributed by atoms with E-state index in [9.17, 15) is 9.59 Å². The Hall–Kier alpha value is -3.22. The molecule has 0 saturated heterocycles. The summed E-state index contributed by atoms with van der Waals surface area (Å²) >= 11 is 0. The number of nitrogens with one attached hydrogen (secondary N) is 1. The SMILES string of the molecule is NC(=O)[C@@H]1Cc2ccccc2N1C(=O)Nc1ccc2c(c1)OCO2. The van der Waals surface area contributed by atoms with Crippen LogP contribution in [0.2, 0.25) is 0 Å². The summed E-state index contributed by atoms with van der Waals surface area (Å²) in [6.07, 6.45) is 0.417. The summed E-state index contributed by atoms with van der Waals surface area (Å²) in [5.41, 5.74) is 7.64. The second kappa shape index (κ2) is 5.45. The van der Waals surface area contributed by atoms with E-state index in [1.807, 2.05) is 18.2 Å². The fourth-order valence-corrected chi connectivity index (χ4v) is 3.02. The molecule has 7 heteroatoms. The van der Waals surface area contributed by atoms with E-state index < -0.39 is 18.0 Å². The molecule has 0 fully saturated rings. The van der Waals surface area contributed by atoms with Gasteiger partial charge in [0.15, 0.2) is 11.5 Å². The fourth-order valence-electron chi connectivity index (χ4n) is 3.02. The van der Waals surface area contributed by atoms with Gasteiger partial charge in [0.2, 0.25) is 12.7 Å². The molecule has 0 saturated carbocycles. The number of amides is 3. The van der Waals surface area contributed by atoms with Crippen LogP contribution >= 0.6 is 0 Å². The van der Waals surface area contributed by atoms with Gasteiger partial charge in [0.1, 0.15) is 6.04 Å². The van der Waals surface area contributed by atoms with Crippen LogP contribution in [0.5, 0.6) is 11.5 Å². The molecule has 2 aliphatic rings. The third-order valence-electron chi connectivity index (χ3n) is 4.15. The molecule has 4 rings (SSSR count). The lowest BCUT2D eigenvalue weighted by Gasteiger charge is -2.23. The first-order chi connectivity index (χ1) is 11.6. The number of nitrogens with zero attached hydrogens (tertiary/aromatic N) is 1. The number of ether oxygens (including phenoxy) is 2. The zero-order valence-electron chi connectivity index (χ0n) is 12.7. The van der Waals surface area contributed by atoms with Crippen molar-refractivity contribution in [2.75, 3.05) is 17.0 Å². The number of anilines is 2. The lowest BCUT2D eigenvalue weighted by Crippen LogP contribution is -2.47. The quantitative estimate of drug-likeness (QED) is 0.881. The summed E-state index contributed by atoms with van der Waals surface area (Å²) in [6, 6.07) is 11.4. The lowest BCUT2D eigenvalue weighted by atomic mass is 10.1. The van der Waals surface area contributed by atoms with Crippen molar-refractivity contribution in [3.63, 3.8) is 0 Å². The van der Waals surface area contributed by atoms with Gasteiger partial charge in [-0.05, 0) is 23.8 Å². The molecule has 3 amide bonds. The summed E-state index contributed by atoms with van der Waals surface area (Å²) in [7, 11) is 0. The number of hydrogen-bond donors (Lipinski definition) is 2. The van der Waals surface area contributed by atoms with E-state index in [1.165, 1.54) is 4.90 Å². The number of carbonyl (C=O) groups is 2. The molecule has 24 heavy (non-hydrogen) atoms. The number of carbonyl (C=O) groups excluding carboxylic acids is 2. The largest absolute Gasteiger partial charge is 0.454 e. The number of rotatable bonds is 2. The first-order valence-corrected chi connectivity index (χ1v) is 7.50. The summed E-state index contributed by atoms with van der Waals surface area (Å²) in [5.74, 6) is 0.669. The maximum Gasteiger partial charge on any atom is 0.327 e. The normalized spacial score (nSPS) is 17.5. The third kappa shape index (κ3) is 2.30. The van der Waals surface area contributed by atoms with E-state index >= 15 is 0 Å². The Balaban J connectivity index is 1.61. The smallest absolute Gasteiger partial charge is 0.327 e. The van der Waals surface area contributed by atoms with Crippen LogP contribution in [-0.4, -0.2) is 24.8 Å². The van der Waals surface area contributed by atoms with Crippen molar-refractivity contribution in [2.45, 2.75) is 12.5 Å². The first-order valence-electron chi connectivity index (χ1n) is 7.50. The molecule has 2 aromatic rings. The van der Waals surface area contributed by atoms with Crippen molar-refractivity contribution in [2.24, 2.45) is 5.73 Å². The summed E-state index contributed by atoms with van der Waals surface area (Å²) in [4.78, 5) is 25.9. The highest BCUT2D eigenvalue weighted by molar-refractivity contribution is 6.08. The van der Waals surface area contributed by atoms with Crippen LogP contribution in [0.15, 0.2) is 42.5 Å². The number of primary amides is 1. The molecule has 2 aliphatic heterocycles. The molecule has 0 unspecified atom stereocenters. The molecule has 0 bridgehead atoms. The molecule has 0 spiro atoms. The zero-order valence-corrected chi connectivity index (χ0v) is 12.7. The van der Waals surface area contributed by atoms with E-state index in [0.717, 1.165) is 5.56 Å². The number of benzene rings is 2. The van der Waals surface area contributed by atoms with Gasteiger partial charge >= 0.3 is 6.03 Å². The highest BCUT2D eigenvalue weighted by Gasteiger charge is 2.37. The number of nitrogens with two attached hydrogens (primary N) is 1. The van der Waals surface area contributed by atoms with Crippen LogP contribution < -0.4 is 25.4 Å². The predicted molar refractivity (Wildman–Crippen MR) is 87.2 cm³/mol. The van der Waals surface area contributed by atoms with E-state index in [2.05, 4.69) is 5.32 Å². The van der Waals surface area contributed by atoms with Crippen LogP contribution in [0.4, 0.5) is 16.2 Å². The standard InChI is InChI=1S/C17H15N3O4/c18-16(21)13-7-10-3-1-2-4-12(10)20(13)17(22)19-11-5-6-14-15(8-11)24-9-23-14/h1-6,8,13H,7,9H2,(H2,18,21)(H,19,22)/t13-/m0/s1. The molecular formula is C17H15N3O4. The van der Waals surface area contributed by atoms with Gasteiger partial charge in [0.05, 0.1) is 0 Å². The van der Waals surface area contributed by atoms with Gasteiger partial charge in [-0.3, -0.25) is 9.69 Å². The van der Waals surface area contributed by atoms with Crippen LogP contribution in [0.3, 0.4) is 0 Å². The van der Waals surface area contributed by atoms with Crippen molar-refractivity contribution in [1.29, 1.82) is 0 Å². The lowest BCUT2D eigenvalue weighted by molar-refractivity contribution is -0.119. The molecule has 7 nitrogen and oxygen atoms in total. The van der Waals surface area contributed by atoms with Gasteiger partial charge in [0.25, 0.3) is 0 Å².